The molecule has 334 valence electrons. The van der Waals surface area contributed by atoms with Gasteiger partial charge in [-0.3, -0.25) is 4.79 Å². The number of hydrogen-bond acceptors (Lipinski definition) is 8. The van der Waals surface area contributed by atoms with Gasteiger partial charge in [0.2, 0.25) is 5.91 Å². The van der Waals surface area contributed by atoms with Crippen molar-refractivity contribution in [3.05, 3.63) is 36.5 Å². The Labute approximate surface area is 349 Å². The highest BCUT2D eigenvalue weighted by molar-refractivity contribution is 5.76. The summed E-state index contributed by atoms with van der Waals surface area (Å²) in [6, 6.07) is -0.823. The van der Waals surface area contributed by atoms with Crippen LogP contribution in [-0.4, -0.2) is 87.5 Å². The summed E-state index contributed by atoms with van der Waals surface area (Å²) in [6.45, 7) is 3.63. The van der Waals surface area contributed by atoms with Crippen LogP contribution < -0.4 is 5.32 Å². The van der Waals surface area contributed by atoms with E-state index in [-0.39, 0.29) is 12.5 Å². The zero-order chi connectivity index (χ0) is 41.6. The normalized spacial score (nSPS) is 21.3. The predicted octanol–water partition coefficient (Wildman–Crippen LogP) is 10.1. The van der Waals surface area contributed by atoms with Gasteiger partial charge in [-0.15, -0.1) is 0 Å². The summed E-state index contributed by atoms with van der Waals surface area (Å²) in [5.74, 6) is -0.191. The van der Waals surface area contributed by atoms with Crippen LogP contribution in [0.3, 0.4) is 0 Å². The molecule has 1 aliphatic heterocycles. The second kappa shape index (κ2) is 38.6. The maximum Gasteiger partial charge on any atom is 0.220 e. The monoisotopic (exact) mass is 808 g/mol. The van der Waals surface area contributed by atoms with Gasteiger partial charge in [-0.25, -0.2) is 0 Å². The predicted molar refractivity (Wildman–Crippen MR) is 235 cm³/mol. The molecule has 0 saturated carbocycles. The van der Waals surface area contributed by atoms with Gasteiger partial charge in [-0.1, -0.05) is 198 Å². The number of aliphatic hydroxyl groups is 5. The first-order valence-electron chi connectivity index (χ1n) is 23.7. The molecule has 1 amide bonds. The van der Waals surface area contributed by atoms with E-state index in [1.165, 1.54) is 135 Å². The molecule has 1 heterocycles. The van der Waals surface area contributed by atoms with Crippen LogP contribution in [0.1, 0.15) is 206 Å². The first-order chi connectivity index (χ1) is 27.8. The number of carbonyl (C=O) groups excluding carboxylic acids is 1. The summed E-state index contributed by atoms with van der Waals surface area (Å²) in [7, 11) is 0. The fourth-order valence-corrected chi connectivity index (χ4v) is 7.43. The summed E-state index contributed by atoms with van der Waals surface area (Å²) < 4.78 is 11.2. The van der Waals surface area contributed by atoms with Gasteiger partial charge in [-0.2, -0.15) is 0 Å². The summed E-state index contributed by atoms with van der Waals surface area (Å²) in [5.41, 5.74) is 0. The molecule has 0 aliphatic carbocycles. The van der Waals surface area contributed by atoms with E-state index in [1.807, 2.05) is 6.08 Å². The first-order valence-corrected chi connectivity index (χ1v) is 23.7. The van der Waals surface area contributed by atoms with Crippen molar-refractivity contribution in [1.82, 2.24) is 5.32 Å². The highest BCUT2D eigenvalue weighted by Gasteiger charge is 2.44. The Morgan fingerprint density at radius 2 is 1.02 bits per heavy atom. The molecule has 0 bridgehead atoms. The van der Waals surface area contributed by atoms with E-state index >= 15 is 0 Å². The van der Waals surface area contributed by atoms with Crippen LogP contribution in [0.4, 0.5) is 0 Å². The smallest absolute Gasteiger partial charge is 0.220 e. The molecule has 0 aromatic carbocycles. The molecule has 1 saturated heterocycles. The van der Waals surface area contributed by atoms with E-state index in [4.69, 9.17) is 9.47 Å². The van der Waals surface area contributed by atoms with E-state index < -0.39 is 49.5 Å². The van der Waals surface area contributed by atoms with Crippen LogP contribution in [0.15, 0.2) is 36.5 Å². The number of allylic oxidation sites excluding steroid dienone is 5. The van der Waals surface area contributed by atoms with Crippen molar-refractivity contribution < 1.29 is 39.8 Å². The standard InChI is InChI=1S/C48H89NO8/c1-3-5-7-9-11-13-15-16-17-18-19-20-21-22-23-24-25-26-27-28-30-32-34-36-38-44(52)49-41(40-56-48-47(55)46(54)45(53)43(39-50)57-48)42(51)37-35-33-31-29-14-12-10-8-6-4-2/h6,8,14,29,35,37,41-43,45-48,50-51,53-55H,3-5,7,9-13,15-28,30-34,36,38-40H2,1-2H3,(H,49,52)/b8-6+,29-14+,37-35+. The van der Waals surface area contributed by atoms with Gasteiger partial charge in [0.1, 0.15) is 24.4 Å². The lowest BCUT2D eigenvalue weighted by molar-refractivity contribution is -0.302. The van der Waals surface area contributed by atoms with Crippen LogP contribution in [0.2, 0.25) is 0 Å². The molecule has 0 aromatic heterocycles. The van der Waals surface area contributed by atoms with Crippen molar-refractivity contribution in [2.24, 2.45) is 0 Å². The second-order valence-corrected chi connectivity index (χ2v) is 16.5. The third-order valence-corrected chi connectivity index (χ3v) is 11.2. The average molecular weight is 808 g/mol. The topological polar surface area (TPSA) is 149 Å². The maximum atomic E-state index is 12.9. The Morgan fingerprint density at radius 1 is 0.596 bits per heavy atom. The molecule has 0 spiro atoms. The number of amides is 1. The first kappa shape index (κ1) is 53.4. The van der Waals surface area contributed by atoms with E-state index in [9.17, 15) is 30.3 Å². The number of nitrogens with one attached hydrogen (secondary N) is 1. The van der Waals surface area contributed by atoms with Crippen LogP contribution in [0.25, 0.3) is 0 Å². The number of rotatable bonds is 39. The Balaban J connectivity index is 2.22. The minimum absolute atomic E-state index is 0.191. The molecule has 1 fully saturated rings. The minimum atomic E-state index is -1.57. The number of unbranched alkanes of at least 4 members (excludes halogenated alkanes) is 25. The molecule has 9 nitrogen and oxygen atoms in total. The molecule has 7 atom stereocenters. The summed E-state index contributed by atoms with van der Waals surface area (Å²) in [5, 5.41) is 54.0. The van der Waals surface area contributed by atoms with Gasteiger partial charge in [0.25, 0.3) is 0 Å². The van der Waals surface area contributed by atoms with Crippen LogP contribution in [0.5, 0.6) is 0 Å². The third kappa shape index (κ3) is 29.3. The minimum Gasteiger partial charge on any atom is -0.394 e. The van der Waals surface area contributed by atoms with Gasteiger partial charge < -0.3 is 40.3 Å². The number of ether oxygens (including phenoxy) is 2. The van der Waals surface area contributed by atoms with Crippen molar-refractivity contribution in [3.8, 4) is 0 Å². The number of carbonyl (C=O) groups is 1. The highest BCUT2D eigenvalue weighted by Crippen LogP contribution is 2.23. The largest absolute Gasteiger partial charge is 0.394 e. The summed E-state index contributed by atoms with van der Waals surface area (Å²) in [4.78, 5) is 12.9. The number of aliphatic hydroxyl groups excluding tert-OH is 5. The molecule has 0 aromatic rings. The molecule has 6 N–H and O–H groups in total. The Bertz CT molecular complexity index is 987. The van der Waals surface area contributed by atoms with E-state index in [0.717, 1.165) is 51.4 Å². The van der Waals surface area contributed by atoms with Crippen molar-refractivity contribution >= 4 is 5.91 Å². The summed E-state index contributed by atoms with van der Waals surface area (Å²) in [6.07, 6.45) is 40.8. The zero-order valence-corrected chi connectivity index (χ0v) is 36.6. The summed E-state index contributed by atoms with van der Waals surface area (Å²) >= 11 is 0. The van der Waals surface area contributed by atoms with Crippen molar-refractivity contribution in [1.29, 1.82) is 0 Å². The van der Waals surface area contributed by atoms with Crippen LogP contribution in [0, 0.1) is 0 Å². The van der Waals surface area contributed by atoms with Gasteiger partial charge in [-0.05, 0) is 38.5 Å². The lowest BCUT2D eigenvalue weighted by Gasteiger charge is -2.40. The van der Waals surface area contributed by atoms with E-state index in [0.29, 0.717) is 6.42 Å². The van der Waals surface area contributed by atoms with Crippen molar-refractivity contribution in [3.63, 3.8) is 0 Å². The Morgan fingerprint density at radius 3 is 1.46 bits per heavy atom. The third-order valence-electron chi connectivity index (χ3n) is 11.2. The number of hydrogen-bond donors (Lipinski definition) is 6. The molecule has 0 radical (unpaired) electrons. The fourth-order valence-electron chi connectivity index (χ4n) is 7.43. The molecular weight excluding hydrogens is 719 g/mol. The average Bonchev–Trinajstić information content (AvgIpc) is 3.21. The van der Waals surface area contributed by atoms with Crippen LogP contribution >= 0.6 is 0 Å². The molecule has 1 rings (SSSR count). The zero-order valence-electron chi connectivity index (χ0n) is 36.6. The van der Waals surface area contributed by atoms with E-state index in [2.05, 4.69) is 43.5 Å². The second-order valence-electron chi connectivity index (χ2n) is 16.5. The van der Waals surface area contributed by atoms with Crippen LogP contribution in [-0.2, 0) is 14.3 Å². The lowest BCUT2D eigenvalue weighted by Crippen LogP contribution is -2.60. The molecule has 1 aliphatic rings. The van der Waals surface area contributed by atoms with Crippen molar-refractivity contribution in [2.45, 2.75) is 249 Å². The van der Waals surface area contributed by atoms with Gasteiger partial charge in [0, 0.05) is 6.42 Å². The maximum absolute atomic E-state index is 12.9. The molecule has 57 heavy (non-hydrogen) atoms. The lowest BCUT2D eigenvalue weighted by atomic mass is 9.99. The van der Waals surface area contributed by atoms with Gasteiger partial charge in [0.05, 0.1) is 25.4 Å². The van der Waals surface area contributed by atoms with Crippen molar-refractivity contribution in [2.75, 3.05) is 13.2 Å². The van der Waals surface area contributed by atoms with Gasteiger partial charge >= 0.3 is 0 Å². The molecule has 7 unspecified atom stereocenters. The molecular formula is C48H89NO8. The Hall–Kier alpha value is -1.59. The fraction of sp³-hybridized carbons (Fsp3) is 0.854. The molecule has 9 heteroatoms. The highest BCUT2D eigenvalue weighted by atomic mass is 16.7. The van der Waals surface area contributed by atoms with E-state index in [1.54, 1.807) is 6.08 Å². The van der Waals surface area contributed by atoms with Gasteiger partial charge in [0.15, 0.2) is 6.29 Å². The SMILES string of the molecule is CC/C=C/CC/C=C/CC/C=C/C(O)C(COC1OC(CO)C(O)C(O)C1O)NC(=O)CCCCCCCCCCCCCCCCCCCCCCCCCC. The Kier molecular flexibility index (Phi) is 36.2. The quantitative estimate of drug-likeness (QED) is 0.0266.